The number of carbonyl (C=O) groups is 5. The van der Waals surface area contributed by atoms with Crippen LogP contribution in [0.4, 0.5) is 4.79 Å². The van der Waals surface area contributed by atoms with E-state index in [1.807, 2.05) is 0 Å². The maximum Gasteiger partial charge on any atom is 0.408 e. The number of benzene rings is 1. The van der Waals surface area contributed by atoms with Gasteiger partial charge in [0.1, 0.15) is 30.0 Å². The van der Waals surface area contributed by atoms with E-state index in [9.17, 15) is 29.1 Å². The molecule has 0 heterocycles. The number of aromatic hydroxyl groups is 1. The molecule has 1 aromatic carbocycles. The number of carbonyl (C=O) groups excluding carboxylic acids is 5. The Labute approximate surface area is 197 Å². The number of methoxy groups -OCH3 is 1. The van der Waals surface area contributed by atoms with Gasteiger partial charge >= 0.3 is 12.1 Å². The van der Waals surface area contributed by atoms with Crippen LogP contribution in [0, 0.1) is 0 Å². The Bertz CT molecular complexity index is 912. The molecule has 34 heavy (non-hydrogen) atoms. The van der Waals surface area contributed by atoms with Gasteiger partial charge in [0.25, 0.3) is 0 Å². The topological polar surface area (TPSA) is 177 Å². The van der Waals surface area contributed by atoms with Gasteiger partial charge < -0.3 is 35.8 Å². The van der Waals surface area contributed by atoms with Gasteiger partial charge in [-0.15, -0.1) is 0 Å². The largest absolute Gasteiger partial charge is 0.508 e. The molecule has 0 aliphatic rings. The summed E-state index contributed by atoms with van der Waals surface area (Å²) < 4.78 is 9.68. The van der Waals surface area contributed by atoms with Gasteiger partial charge in [-0.2, -0.15) is 0 Å². The first-order valence-corrected chi connectivity index (χ1v) is 10.5. The van der Waals surface area contributed by atoms with Gasteiger partial charge in [-0.3, -0.25) is 19.2 Å². The molecule has 0 aromatic heterocycles. The molecule has 12 heteroatoms. The molecule has 0 radical (unpaired) electrons. The van der Waals surface area contributed by atoms with E-state index >= 15 is 0 Å². The number of hydrogen-bond donors (Lipinski definition) is 4. The van der Waals surface area contributed by atoms with Gasteiger partial charge in [0, 0.05) is 6.54 Å². The van der Waals surface area contributed by atoms with Crippen molar-refractivity contribution in [3.05, 3.63) is 29.8 Å². The Morgan fingerprint density at radius 2 is 1.82 bits per heavy atom. The van der Waals surface area contributed by atoms with Crippen LogP contribution >= 0.6 is 0 Å². The molecule has 2 unspecified atom stereocenters. The summed E-state index contributed by atoms with van der Waals surface area (Å²) in [5.41, 5.74) is 4.63. The van der Waals surface area contributed by atoms with Crippen LogP contribution in [0.15, 0.2) is 24.3 Å². The summed E-state index contributed by atoms with van der Waals surface area (Å²) in [7, 11) is 1.15. The van der Waals surface area contributed by atoms with Crippen LogP contribution in [0.25, 0.3) is 0 Å². The Kier molecular flexibility index (Phi) is 10.3. The van der Waals surface area contributed by atoms with Gasteiger partial charge in [0.2, 0.25) is 17.7 Å². The molecular formula is C22H32N4O8. The van der Waals surface area contributed by atoms with Crippen molar-refractivity contribution >= 4 is 29.8 Å². The highest BCUT2D eigenvalue weighted by atomic mass is 16.6. The summed E-state index contributed by atoms with van der Waals surface area (Å²) in [6.07, 6.45) is -1.50. The number of primary amides is 1. The number of phenols is 1. The summed E-state index contributed by atoms with van der Waals surface area (Å²) in [6.45, 7) is 5.96. The fourth-order valence-corrected chi connectivity index (χ4v) is 3.01. The van der Waals surface area contributed by atoms with Crippen molar-refractivity contribution in [2.24, 2.45) is 5.73 Å². The van der Waals surface area contributed by atoms with Crippen LogP contribution in [-0.2, 0) is 28.7 Å². The molecule has 0 fully saturated rings. The minimum atomic E-state index is -1.43. The summed E-state index contributed by atoms with van der Waals surface area (Å²) in [4.78, 5) is 62.9. The summed E-state index contributed by atoms with van der Waals surface area (Å²) in [5, 5.41) is 14.6. The van der Waals surface area contributed by atoms with Crippen molar-refractivity contribution in [1.82, 2.24) is 15.5 Å². The predicted molar refractivity (Wildman–Crippen MR) is 120 cm³/mol. The number of alkyl carbamates (subject to hydrolysis) is 1. The molecule has 1 rings (SSSR count). The summed E-state index contributed by atoms with van der Waals surface area (Å²) in [6, 6.07) is 2.89. The lowest BCUT2D eigenvalue weighted by Gasteiger charge is -2.33. The zero-order chi connectivity index (χ0) is 26.1. The van der Waals surface area contributed by atoms with Crippen LogP contribution in [0.5, 0.6) is 5.75 Å². The number of nitrogens with two attached hydrogens (primary N) is 1. The third-order valence-corrected chi connectivity index (χ3v) is 4.40. The SMILES string of the molecule is CCN(C(=O)C(CC(N)=O)NC(=O)OC(C)(C)C)C(C(=O)NCC(=O)OC)c1cccc(O)c1. The van der Waals surface area contributed by atoms with Gasteiger partial charge in [0.05, 0.1) is 13.5 Å². The van der Waals surface area contributed by atoms with Crippen molar-refractivity contribution in [1.29, 1.82) is 0 Å². The number of esters is 1. The van der Waals surface area contributed by atoms with E-state index in [1.54, 1.807) is 27.7 Å². The molecule has 5 N–H and O–H groups in total. The molecule has 188 valence electrons. The van der Waals surface area contributed by atoms with Crippen LogP contribution in [0.2, 0.25) is 0 Å². The van der Waals surface area contributed by atoms with Crippen molar-refractivity contribution in [2.45, 2.75) is 51.8 Å². The maximum absolute atomic E-state index is 13.4. The highest BCUT2D eigenvalue weighted by Crippen LogP contribution is 2.25. The molecule has 12 nitrogen and oxygen atoms in total. The highest BCUT2D eigenvalue weighted by Gasteiger charge is 2.36. The van der Waals surface area contributed by atoms with Gasteiger partial charge in [-0.25, -0.2) is 4.79 Å². The molecule has 0 bridgehead atoms. The molecule has 0 aliphatic carbocycles. The number of rotatable bonds is 10. The predicted octanol–water partition coefficient (Wildman–Crippen LogP) is 0.340. The first-order valence-electron chi connectivity index (χ1n) is 10.5. The number of phenolic OH excluding ortho intramolecular Hbond substituents is 1. The monoisotopic (exact) mass is 480 g/mol. The molecule has 0 spiro atoms. The third-order valence-electron chi connectivity index (χ3n) is 4.40. The van der Waals surface area contributed by atoms with Crippen LogP contribution in [-0.4, -0.2) is 71.6 Å². The zero-order valence-corrected chi connectivity index (χ0v) is 19.9. The number of amides is 4. The van der Waals surface area contributed by atoms with Crippen LogP contribution in [0.3, 0.4) is 0 Å². The van der Waals surface area contributed by atoms with Crippen molar-refractivity contribution in [2.75, 3.05) is 20.2 Å². The first-order chi connectivity index (χ1) is 15.8. The normalized spacial score (nSPS) is 12.6. The lowest BCUT2D eigenvalue weighted by Crippen LogP contribution is -2.54. The van der Waals surface area contributed by atoms with E-state index in [4.69, 9.17) is 10.5 Å². The number of likely N-dealkylation sites (N-methyl/N-ethyl adjacent to an activating group) is 1. The van der Waals surface area contributed by atoms with Gasteiger partial charge in [-0.1, -0.05) is 12.1 Å². The quantitative estimate of drug-likeness (QED) is 0.346. The number of nitrogens with zero attached hydrogens (tertiary/aromatic N) is 1. The standard InChI is InChI=1S/C22H32N4O8/c1-6-26(20(31)15(11-16(23)28)25-21(32)34-22(2,3)4)18(13-8-7-9-14(27)10-13)19(30)24-12-17(29)33-5/h7-10,15,18,27H,6,11-12H2,1-5H3,(H2,23,28)(H,24,30)(H,25,32). The Balaban J connectivity index is 3.34. The second kappa shape index (κ2) is 12.4. The smallest absolute Gasteiger partial charge is 0.408 e. The molecule has 0 aliphatic heterocycles. The lowest BCUT2D eigenvalue weighted by molar-refractivity contribution is -0.145. The van der Waals surface area contributed by atoms with E-state index in [-0.39, 0.29) is 17.9 Å². The average molecular weight is 481 g/mol. The van der Waals surface area contributed by atoms with Crippen LogP contribution < -0.4 is 16.4 Å². The van der Waals surface area contributed by atoms with E-state index < -0.39 is 60.4 Å². The molecular weight excluding hydrogens is 448 g/mol. The molecule has 0 saturated carbocycles. The molecule has 2 atom stereocenters. The Morgan fingerprint density at radius 3 is 2.32 bits per heavy atom. The van der Waals surface area contributed by atoms with E-state index in [2.05, 4.69) is 15.4 Å². The highest BCUT2D eigenvalue weighted by molar-refractivity contribution is 5.95. The number of nitrogens with one attached hydrogen (secondary N) is 2. The third kappa shape index (κ3) is 8.96. The second-order valence-corrected chi connectivity index (χ2v) is 8.28. The summed E-state index contributed by atoms with van der Waals surface area (Å²) in [5.74, 6) is -3.28. The summed E-state index contributed by atoms with van der Waals surface area (Å²) >= 11 is 0. The lowest BCUT2D eigenvalue weighted by atomic mass is 10.0. The minimum Gasteiger partial charge on any atom is -0.508 e. The average Bonchev–Trinajstić information content (AvgIpc) is 2.72. The van der Waals surface area contributed by atoms with Crippen molar-refractivity contribution < 1.29 is 38.6 Å². The number of ether oxygens (including phenoxy) is 2. The van der Waals surface area contributed by atoms with Gasteiger partial charge in [-0.05, 0) is 45.4 Å². The minimum absolute atomic E-state index is 0.0317. The van der Waals surface area contributed by atoms with Crippen LogP contribution in [0.1, 0.15) is 45.7 Å². The molecule has 1 aromatic rings. The van der Waals surface area contributed by atoms with E-state index in [1.165, 1.54) is 24.3 Å². The second-order valence-electron chi connectivity index (χ2n) is 8.28. The maximum atomic E-state index is 13.4. The van der Waals surface area contributed by atoms with Crippen molar-refractivity contribution in [3.8, 4) is 5.75 Å². The zero-order valence-electron chi connectivity index (χ0n) is 19.9. The van der Waals surface area contributed by atoms with Gasteiger partial charge in [0.15, 0.2) is 0 Å². The first kappa shape index (κ1) is 28.2. The molecule has 0 saturated heterocycles. The van der Waals surface area contributed by atoms with E-state index in [0.717, 1.165) is 12.0 Å². The molecule has 4 amide bonds. The van der Waals surface area contributed by atoms with Crippen molar-refractivity contribution in [3.63, 3.8) is 0 Å². The fourth-order valence-electron chi connectivity index (χ4n) is 3.01. The van der Waals surface area contributed by atoms with E-state index in [0.29, 0.717) is 0 Å². The fraction of sp³-hybridized carbons (Fsp3) is 0.500. The number of hydrogen-bond acceptors (Lipinski definition) is 8. The Morgan fingerprint density at radius 1 is 1.18 bits per heavy atom. The Hall–Kier alpha value is -3.83.